The second-order valence-electron chi connectivity index (χ2n) is 9.89. The van der Waals surface area contributed by atoms with Crippen molar-refractivity contribution in [1.29, 1.82) is 0 Å². The molecule has 0 heterocycles. The molecule has 0 aliphatic rings. The molecule has 0 saturated heterocycles. The number of ketones is 1. The largest absolute Gasteiger partial charge is 0.306 e. The molecule has 0 aliphatic carbocycles. The van der Waals surface area contributed by atoms with E-state index in [2.05, 4.69) is 102 Å². The molecule has 0 unspecified atom stereocenters. The molecule has 0 aromatic heterocycles. The summed E-state index contributed by atoms with van der Waals surface area (Å²) in [6, 6.07) is 16.6. The van der Waals surface area contributed by atoms with Gasteiger partial charge in [-0.25, -0.2) is 0 Å². The van der Waals surface area contributed by atoms with E-state index in [9.17, 15) is 4.79 Å². The van der Waals surface area contributed by atoms with Gasteiger partial charge in [0, 0.05) is 11.6 Å². The van der Waals surface area contributed by atoms with Gasteiger partial charge in [-0.1, -0.05) is 109 Å². The van der Waals surface area contributed by atoms with Gasteiger partial charge < -0.3 is 4.90 Å². The molecule has 0 saturated carbocycles. The van der Waals surface area contributed by atoms with Crippen LogP contribution in [0.4, 0.5) is 5.69 Å². The Morgan fingerprint density at radius 1 is 0.816 bits per heavy atom. The smallest absolute Gasteiger partial charge is 0.132 e. The number of aliphatic imine (C=N–C) groups is 1. The molecule has 0 atom stereocenters. The van der Waals surface area contributed by atoms with Gasteiger partial charge in [0.25, 0.3) is 0 Å². The number of unbranched alkanes of at least 4 members (excludes halogenated alkanes) is 1. The zero-order valence-corrected chi connectivity index (χ0v) is 26.9. The fourth-order valence-electron chi connectivity index (χ4n) is 3.97. The van der Waals surface area contributed by atoms with E-state index in [1.54, 1.807) is 6.92 Å². The van der Waals surface area contributed by atoms with Gasteiger partial charge in [-0.2, -0.15) is 0 Å². The van der Waals surface area contributed by atoms with Gasteiger partial charge in [0.1, 0.15) is 5.78 Å². The van der Waals surface area contributed by atoms with Crippen molar-refractivity contribution in [3.8, 4) is 0 Å². The van der Waals surface area contributed by atoms with E-state index in [0.717, 1.165) is 37.1 Å². The second-order valence-corrected chi connectivity index (χ2v) is 9.89. The van der Waals surface area contributed by atoms with Crippen LogP contribution >= 0.6 is 0 Å². The molecule has 0 amide bonds. The number of carbonyl (C=O) groups excluding carboxylic acids is 1. The predicted molar refractivity (Wildman–Crippen MR) is 172 cm³/mol. The Bertz CT molecular complexity index is 866. The van der Waals surface area contributed by atoms with E-state index in [0.29, 0.717) is 11.7 Å². The summed E-state index contributed by atoms with van der Waals surface area (Å²) >= 11 is 0. The first kappa shape index (κ1) is 37.9. The maximum atomic E-state index is 10.9. The molecule has 0 N–H and O–H groups in total. The average molecular weight is 525 g/mol. The van der Waals surface area contributed by atoms with Gasteiger partial charge in [-0.05, 0) is 90.7 Å². The third kappa shape index (κ3) is 18.9. The van der Waals surface area contributed by atoms with Crippen molar-refractivity contribution in [2.75, 3.05) is 20.1 Å². The SMILES string of the molecule is CC.CC(=Nc1ccccc1C)c1cccc(C)c1.CCCC(CCC)C(C)=O.CCCCN(C)CCC. The highest BCUT2D eigenvalue weighted by molar-refractivity contribution is 6.00. The molecule has 2 aromatic rings. The summed E-state index contributed by atoms with van der Waals surface area (Å²) in [4.78, 5) is 18.0. The first-order valence-electron chi connectivity index (χ1n) is 15.1. The molecule has 0 aliphatic heterocycles. The Hall–Kier alpha value is -2.26. The third-order valence-corrected chi connectivity index (χ3v) is 6.19. The maximum Gasteiger partial charge on any atom is 0.132 e. The number of nitrogens with zero attached hydrogens (tertiary/aromatic N) is 2. The molecule has 2 rings (SSSR count). The molecule has 38 heavy (non-hydrogen) atoms. The van der Waals surface area contributed by atoms with E-state index in [1.807, 2.05) is 26.0 Å². The Balaban J connectivity index is 0. The molecule has 2 aromatic carbocycles. The van der Waals surface area contributed by atoms with Crippen LogP contribution in [0.25, 0.3) is 0 Å². The van der Waals surface area contributed by atoms with E-state index in [4.69, 9.17) is 0 Å². The molecule has 3 nitrogen and oxygen atoms in total. The molecule has 0 fully saturated rings. The number of benzene rings is 2. The Kier molecular flexibility index (Phi) is 25.0. The number of Topliss-reactive ketones (excluding diaryl/α,β-unsaturated/α-hetero) is 1. The lowest BCUT2D eigenvalue weighted by atomic mass is 9.95. The van der Waals surface area contributed by atoms with Gasteiger partial charge in [-0.3, -0.25) is 9.79 Å². The van der Waals surface area contributed by atoms with Crippen molar-refractivity contribution >= 4 is 17.2 Å². The van der Waals surface area contributed by atoms with Crippen LogP contribution in [-0.2, 0) is 4.79 Å². The molecule has 0 radical (unpaired) electrons. The summed E-state index contributed by atoms with van der Waals surface area (Å²) < 4.78 is 0. The zero-order valence-electron chi connectivity index (χ0n) is 26.9. The van der Waals surface area contributed by atoms with Crippen molar-refractivity contribution in [3.05, 3.63) is 65.2 Å². The van der Waals surface area contributed by atoms with Gasteiger partial charge in [-0.15, -0.1) is 0 Å². The van der Waals surface area contributed by atoms with Gasteiger partial charge in [0.2, 0.25) is 0 Å². The lowest BCUT2D eigenvalue weighted by Crippen LogP contribution is -2.19. The standard InChI is InChI=1S/C16H17N.C9H18O.C8H19N.C2H6/c1-12-7-6-9-15(11-12)14(3)17-16-10-5-4-8-13(16)2;1-4-6-9(7-5-2)8(3)10;1-4-6-8-9(3)7-5-2;1-2/h4-11H,1-3H3;9H,4-7H2,1-3H3;4-8H2,1-3H3;1-2H3. The number of aryl methyl sites for hydroxylation is 2. The Morgan fingerprint density at radius 3 is 1.89 bits per heavy atom. The van der Waals surface area contributed by atoms with E-state index in [-0.39, 0.29) is 0 Å². The molecular formula is C35H60N2O. The summed E-state index contributed by atoms with van der Waals surface area (Å²) in [5.74, 6) is 0.707. The second kappa shape index (κ2) is 25.0. The summed E-state index contributed by atoms with van der Waals surface area (Å²) in [6.07, 6.45) is 8.34. The topological polar surface area (TPSA) is 32.7 Å². The van der Waals surface area contributed by atoms with E-state index >= 15 is 0 Å². The number of hydrogen-bond donors (Lipinski definition) is 0. The van der Waals surface area contributed by atoms with Crippen LogP contribution in [-0.4, -0.2) is 36.5 Å². The normalized spacial score (nSPS) is 10.6. The molecular weight excluding hydrogens is 464 g/mol. The van der Waals surface area contributed by atoms with Crippen molar-refractivity contribution in [3.63, 3.8) is 0 Å². The minimum atomic E-state index is 0.343. The van der Waals surface area contributed by atoms with Crippen LogP contribution in [0, 0.1) is 19.8 Å². The lowest BCUT2D eigenvalue weighted by molar-refractivity contribution is -0.121. The van der Waals surface area contributed by atoms with Crippen LogP contribution in [0.5, 0.6) is 0 Å². The number of rotatable bonds is 12. The first-order chi connectivity index (χ1) is 18.2. The molecule has 3 heteroatoms. The van der Waals surface area contributed by atoms with Gasteiger partial charge in [0.05, 0.1) is 5.69 Å². The quantitative estimate of drug-likeness (QED) is 0.259. The van der Waals surface area contributed by atoms with Crippen LogP contribution in [0.1, 0.15) is 117 Å². The van der Waals surface area contributed by atoms with Crippen molar-refractivity contribution < 1.29 is 4.79 Å². The average Bonchev–Trinajstić information content (AvgIpc) is 2.90. The summed E-state index contributed by atoms with van der Waals surface area (Å²) in [7, 11) is 2.19. The van der Waals surface area contributed by atoms with Crippen LogP contribution < -0.4 is 0 Å². The molecule has 216 valence electrons. The molecule has 0 bridgehead atoms. The van der Waals surface area contributed by atoms with Crippen LogP contribution in [0.15, 0.2) is 53.5 Å². The summed E-state index contributed by atoms with van der Waals surface area (Å²) in [6.45, 7) is 23.2. The summed E-state index contributed by atoms with van der Waals surface area (Å²) in [5, 5.41) is 0. The number of para-hydroxylation sites is 1. The minimum Gasteiger partial charge on any atom is -0.306 e. The van der Waals surface area contributed by atoms with E-state index in [1.165, 1.54) is 49.0 Å². The highest BCUT2D eigenvalue weighted by Crippen LogP contribution is 2.19. The van der Waals surface area contributed by atoms with Gasteiger partial charge >= 0.3 is 0 Å². The van der Waals surface area contributed by atoms with Gasteiger partial charge in [0.15, 0.2) is 0 Å². The van der Waals surface area contributed by atoms with Crippen molar-refractivity contribution in [2.24, 2.45) is 10.9 Å². The van der Waals surface area contributed by atoms with Crippen LogP contribution in [0.2, 0.25) is 0 Å². The fraction of sp³-hybridized carbons (Fsp3) is 0.600. The maximum absolute atomic E-state index is 10.9. The summed E-state index contributed by atoms with van der Waals surface area (Å²) in [5.41, 5.74) is 5.77. The molecule has 0 spiro atoms. The lowest BCUT2D eigenvalue weighted by Gasteiger charge is -2.13. The van der Waals surface area contributed by atoms with E-state index < -0.39 is 0 Å². The van der Waals surface area contributed by atoms with Crippen molar-refractivity contribution in [1.82, 2.24) is 4.90 Å². The minimum absolute atomic E-state index is 0.343. The van der Waals surface area contributed by atoms with Crippen molar-refractivity contribution in [2.45, 2.75) is 114 Å². The fourth-order valence-corrected chi connectivity index (χ4v) is 3.97. The number of hydrogen-bond acceptors (Lipinski definition) is 3. The highest BCUT2D eigenvalue weighted by atomic mass is 16.1. The predicted octanol–water partition coefficient (Wildman–Crippen LogP) is 10.4. The third-order valence-electron chi connectivity index (χ3n) is 6.19. The Morgan fingerprint density at radius 2 is 1.42 bits per heavy atom. The highest BCUT2D eigenvalue weighted by Gasteiger charge is 2.10. The Labute approximate surface area is 237 Å². The zero-order chi connectivity index (χ0) is 29.3. The first-order valence-corrected chi connectivity index (χ1v) is 15.1. The van der Waals surface area contributed by atoms with Crippen LogP contribution in [0.3, 0.4) is 0 Å². The number of carbonyl (C=O) groups is 1. The monoisotopic (exact) mass is 524 g/mol.